The Hall–Kier alpha value is -8.47. The van der Waals surface area contributed by atoms with E-state index in [-0.39, 0.29) is 0 Å². The molecule has 0 fully saturated rings. The second-order valence-electron chi connectivity index (χ2n) is 16.0. The van der Waals surface area contributed by atoms with Gasteiger partial charge in [0.2, 0.25) is 0 Å². The molecule has 2 aromatic heterocycles. The molecule has 12 rings (SSSR count). The monoisotopic (exact) mass is 803 g/mol. The molecule has 63 heavy (non-hydrogen) atoms. The summed E-state index contributed by atoms with van der Waals surface area (Å²) in [6.07, 6.45) is 0. The van der Waals surface area contributed by atoms with Crippen LogP contribution in [0.15, 0.2) is 229 Å². The van der Waals surface area contributed by atoms with Gasteiger partial charge >= 0.3 is 0 Å². The first kappa shape index (κ1) is 36.4. The van der Waals surface area contributed by atoms with Crippen LogP contribution < -0.4 is 0 Å². The number of benzene rings is 10. The first-order valence-electron chi connectivity index (χ1n) is 21.2. The summed E-state index contributed by atoms with van der Waals surface area (Å²) in [7, 11) is 0. The van der Waals surface area contributed by atoms with Crippen LogP contribution in [0.3, 0.4) is 0 Å². The fraction of sp³-hybridized carbons (Fsp3) is 0. The van der Waals surface area contributed by atoms with Gasteiger partial charge in [-0.15, -0.1) is 0 Å². The van der Waals surface area contributed by atoms with Crippen molar-refractivity contribution in [2.75, 3.05) is 0 Å². The van der Waals surface area contributed by atoms with E-state index in [9.17, 15) is 0 Å². The molecule has 0 spiro atoms. The smallest absolute Gasteiger partial charge is 0.164 e. The van der Waals surface area contributed by atoms with Crippen molar-refractivity contribution in [1.82, 2.24) is 15.0 Å². The largest absolute Gasteiger partial charge is 0.456 e. The van der Waals surface area contributed by atoms with Crippen LogP contribution in [0, 0.1) is 0 Å². The highest BCUT2D eigenvalue weighted by Crippen LogP contribution is 2.42. The Morgan fingerprint density at radius 2 is 0.651 bits per heavy atom. The molecule has 0 bridgehead atoms. The summed E-state index contributed by atoms with van der Waals surface area (Å²) in [5.41, 5.74) is 13.7. The lowest BCUT2D eigenvalue weighted by Crippen LogP contribution is -2.00. The molecule has 10 aromatic carbocycles. The zero-order valence-electron chi connectivity index (χ0n) is 34.1. The average Bonchev–Trinajstić information content (AvgIpc) is 3.76. The SMILES string of the molecule is c1ccc(-c2ccc(-c3cc(-c4ccccc4)cc(-c4ccc(-c5nc(-c6ccccc6)nc(-c6cc7oc8ccc9ccccc9c8c7c7ccccc67)n5)cc4)c3)cc2)cc1. The molecule has 4 nitrogen and oxygen atoms in total. The van der Waals surface area contributed by atoms with Gasteiger partial charge in [-0.25, -0.2) is 15.0 Å². The Kier molecular flexibility index (Phi) is 8.79. The average molecular weight is 804 g/mol. The van der Waals surface area contributed by atoms with Crippen LogP contribution in [-0.4, -0.2) is 15.0 Å². The number of furan rings is 1. The normalized spacial score (nSPS) is 11.5. The van der Waals surface area contributed by atoms with Crippen LogP contribution in [0.25, 0.3) is 122 Å². The third kappa shape index (κ3) is 6.62. The third-order valence-corrected chi connectivity index (χ3v) is 12.1. The fourth-order valence-electron chi connectivity index (χ4n) is 8.98. The predicted molar refractivity (Wildman–Crippen MR) is 260 cm³/mol. The molecule has 0 aliphatic carbocycles. The molecule has 0 aliphatic heterocycles. The van der Waals surface area contributed by atoms with Crippen molar-refractivity contribution in [2.45, 2.75) is 0 Å². The predicted octanol–water partition coefficient (Wildman–Crippen LogP) is 15.7. The van der Waals surface area contributed by atoms with Gasteiger partial charge in [-0.2, -0.15) is 0 Å². The van der Waals surface area contributed by atoms with Crippen molar-refractivity contribution >= 4 is 43.5 Å². The number of fused-ring (bicyclic) bond motifs is 7. The lowest BCUT2D eigenvalue weighted by atomic mass is 9.92. The van der Waals surface area contributed by atoms with E-state index in [1.807, 2.05) is 30.3 Å². The molecule has 0 amide bonds. The van der Waals surface area contributed by atoms with Crippen molar-refractivity contribution < 1.29 is 4.42 Å². The summed E-state index contributed by atoms with van der Waals surface area (Å²) in [5, 5.41) is 6.71. The lowest BCUT2D eigenvalue weighted by Gasteiger charge is -2.13. The Morgan fingerprint density at radius 3 is 1.24 bits per heavy atom. The molecule has 0 N–H and O–H groups in total. The van der Waals surface area contributed by atoms with E-state index < -0.39 is 0 Å². The van der Waals surface area contributed by atoms with E-state index in [1.165, 1.54) is 27.5 Å². The number of hydrogen-bond donors (Lipinski definition) is 0. The highest BCUT2D eigenvalue weighted by Gasteiger charge is 2.20. The zero-order chi connectivity index (χ0) is 41.7. The van der Waals surface area contributed by atoms with Crippen molar-refractivity contribution in [3.05, 3.63) is 224 Å². The van der Waals surface area contributed by atoms with E-state index in [2.05, 4.69) is 194 Å². The van der Waals surface area contributed by atoms with Gasteiger partial charge in [0.15, 0.2) is 17.5 Å². The molecule has 12 aromatic rings. The lowest BCUT2D eigenvalue weighted by molar-refractivity contribution is 0.669. The maximum absolute atomic E-state index is 6.64. The Bertz CT molecular complexity index is 3640. The van der Waals surface area contributed by atoms with E-state index >= 15 is 0 Å². The van der Waals surface area contributed by atoms with Gasteiger partial charge in [0.05, 0.1) is 0 Å². The molecule has 0 radical (unpaired) electrons. The van der Waals surface area contributed by atoms with Crippen molar-refractivity contribution in [3.63, 3.8) is 0 Å². The maximum Gasteiger partial charge on any atom is 0.164 e. The van der Waals surface area contributed by atoms with Crippen LogP contribution in [0.2, 0.25) is 0 Å². The van der Waals surface area contributed by atoms with Gasteiger partial charge in [0.1, 0.15) is 11.2 Å². The molecule has 294 valence electrons. The van der Waals surface area contributed by atoms with Crippen LogP contribution >= 0.6 is 0 Å². The van der Waals surface area contributed by atoms with E-state index in [0.29, 0.717) is 17.5 Å². The maximum atomic E-state index is 6.64. The van der Waals surface area contributed by atoms with Gasteiger partial charge in [0.25, 0.3) is 0 Å². The minimum atomic E-state index is 0.588. The van der Waals surface area contributed by atoms with Crippen LogP contribution in [-0.2, 0) is 0 Å². The van der Waals surface area contributed by atoms with Crippen molar-refractivity contribution in [1.29, 1.82) is 0 Å². The van der Waals surface area contributed by atoms with E-state index in [1.54, 1.807) is 0 Å². The standard InChI is InChI=1S/C59H37N3O/c1-4-14-38(15-5-1)40-24-26-41(27-25-40)47-34-46(39-16-6-2-7-17-39)35-48(36-47)42-28-30-45(31-29-42)58-60-57(44-19-8-3-9-20-44)61-59(62-58)52-37-54-56(51-23-13-12-22-50(51)52)55-49-21-11-10-18-43(49)32-33-53(55)63-54/h1-37H. The zero-order valence-corrected chi connectivity index (χ0v) is 34.1. The Morgan fingerprint density at radius 1 is 0.254 bits per heavy atom. The van der Waals surface area contributed by atoms with Crippen LogP contribution in [0.1, 0.15) is 0 Å². The summed E-state index contributed by atoms with van der Waals surface area (Å²) in [6, 6.07) is 78.9. The second kappa shape index (κ2) is 15.2. The summed E-state index contributed by atoms with van der Waals surface area (Å²) in [6.45, 7) is 0. The topological polar surface area (TPSA) is 51.8 Å². The van der Waals surface area contributed by atoms with Gasteiger partial charge in [-0.1, -0.05) is 194 Å². The molecule has 0 unspecified atom stereocenters. The first-order chi connectivity index (χ1) is 31.2. The van der Waals surface area contributed by atoms with Crippen molar-refractivity contribution in [2.24, 2.45) is 0 Å². The number of nitrogens with zero attached hydrogens (tertiary/aromatic N) is 3. The van der Waals surface area contributed by atoms with Crippen molar-refractivity contribution in [3.8, 4) is 78.7 Å². The third-order valence-electron chi connectivity index (χ3n) is 12.1. The summed E-state index contributed by atoms with van der Waals surface area (Å²) < 4.78 is 6.64. The van der Waals surface area contributed by atoms with Crippen LogP contribution in [0.5, 0.6) is 0 Å². The van der Waals surface area contributed by atoms with Gasteiger partial charge in [-0.05, 0) is 96.4 Å². The molecular formula is C59H37N3O. The summed E-state index contributed by atoms with van der Waals surface area (Å²) in [4.78, 5) is 15.5. The number of rotatable bonds is 7. The molecular weight excluding hydrogens is 767 g/mol. The molecule has 0 aliphatic rings. The molecule has 2 heterocycles. The molecule has 4 heteroatoms. The van der Waals surface area contributed by atoms with Gasteiger partial charge in [0, 0.05) is 27.5 Å². The quantitative estimate of drug-likeness (QED) is 0.161. The van der Waals surface area contributed by atoms with Gasteiger partial charge < -0.3 is 4.42 Å². The van der Waals surface area contributed by atoms with Crippen LogP contribution in [0.4, 0.5) is 0 Å². The van der Waals surface area contributed by atoms with E-state index in [0.717, 1.165) is 77.2 Å². The Labute approximate surface area is 364 Å². The fourth-order valence-corrected chi connectivity index (χ4v) is 8.98. The summed E-state index contributed by atoms with van der Waals surface area (Å²) in [5.74, 6) is 1.80. The summed E-state index contributed by atoms with van der Waals surface area (Å²) >= 11 is 0. The van der Waals surface area contributed by atoms with Gasteiger partial charge in [-0.3, -0.25) is 0 Å². The second-order valence-corrected chi connectivity index (χ2v) is 16.0. The Balaban J connectivity index is 0.978. The minimum Gasteiger partial charge on any atom is -0.456 e. The highest BCUT2D eigenvalue weighted by atomic mass is 16.3. The molecule has 0 saturated carbocycles. The number of aromatic nitrogens is 3. The molecule has 0 atom stereocenters. The van der Waals surface area contributed by atoms with E-state index in [4.69, 9.17) is 19.4 Å². The molecule has 0 saturated heterocycles. The highest BCUT2D eigenvalue weighted by molar-refractivity contribution is 6.28. The first-order valence-corrected chi connectivity index (χ1v) is 21.2. The number of hydrogen-bond acceptors (Lipinski definition) is 4. The minimum absolute atomic E-state index is 0.588.